The summed E-state index contributed by atoms with van der Waals surface area (Å²) in [5.74, 6) is 1.41. The molecule has 0 aromatic heterocycles. The second-order valence-electron chi connectivity index (χ2n) is 5.22. The first kappa shape index (κ1) is 13.3. The maximum atomic E-state index is 5.85. The zero-order valence-electron chi connectivity index (χ0n) is 11.1. The highest BCUT2D eigenvalue weighted by Crippen LogP contribution is 2.25. The van der Waals surface area contributed by atoms with Crippen molar-refractivity contribution in [1.29, 1.82) is 0 Å². The van der Waals surface area contributed by atoms with E-state index in [1.807, 2.05) is 6.07 Å². The molecule has 0 spiro atoms. The number of hydrogen-bond donors (Lipinski definition) is 1. The van der Waals surface area contributed by atoms with Gasteiger partial charge < -0.3 is 10.5 Å². The van der Waals surface area contributed by atoms with Crippen molar-refractivity contribution in [3.8, 4) is 0 Å². The van der Waals surface area contributed by atoms with Gasteiger partial charge in [0.25, 0.3) is 0 Å². The van der Waals surface area contributed by atoms with Gasteiger partial charge in [0.2, 0.25) is 0 Å². The van der Waals surface area contributed by atoms with E-state index in [0.29, 0.717) is 19.1 Å². The number of benzene rings is 1. The van der Waals surface area contributed by atoms with E-state index in [9.17, 15) is 0 Å². The molecule has 0 heterocycles. The number of nitrogens with two attached hydrogens (primary N) is 1. The van der Waals surface area contributed by atoms with E-state index in [1.54, 1.807) is 0 Å². The molecule has 2 heteroatoms. The quantitative estimate of drug-likeness (QED) is 0.808. The van der Waals surface area contributed by atoms with Crippen LogP contribution in [0, 0.1) is 11.8 Å². The van der Waals surface area contributed by atoms with Gasteiger partial charge in [-0.3, -0.25) is 0 Å². The maximum absolute atomic E-state index is 5.85. The lowest BCUT2D eigenvalue weighted by molar-refractivity contribution is 0.0680. The molecule has 0 saturated carbocycles. The summed E-state index contributed by atoms with van der Waals surface area (Å²) in [5.41, 5.74) is 8.02. The van der Waals surface area contributed by atoms with Crippen LogP contribution in [0.25, 0.3) is 0 Å². The Morgan fingerprint density at radius 2 is 2.00 bits per heavy atom. The molecule has 0 aliphatic heterocycles. The Balaban J connectivity index is 1.79. The molecule has 18 heavy (non-hydrogen) atoms. The van der Waals surface area contributed by atoms with Gasteiger partial charge in [-0.05, 0) is 35.8 Å². The van der Waals surface area contributed by atoms with E-state index in [-0.39, 0.29) is 0 Å². The smallest absolute Gasteiger partial charge is 0.0717 e. The molecule has 2 atom stereocenters. The fourth-order valence-corrected chi connectivity index (χ4v) is 2.41. The second kappa shape index (κ2) is 6.72. The average Bonchev–Trinajstić information content (AvgIpc) is 2.41. The van der Waals surface area contributed by atoms with Crippen LogP contribution in [0.15, 0.2) is 36.4 Å². The molecule has 1 aliphatic carbocycles. The number of ether oxygens (including phenoxy) is 1. The van der Waals surface area contributed by atoms with Crippen LogP contribution in [0.4, 0.5) is 0 Å². The molecule has 1 aromatic rings. The van der Waals surface area contributed by atoms with Crippen molar-refractivity contribution < 1.29 is 4.74 Å². The first-order chi connectivity index (χ1) is 8.79. The van der Waals surface area contributed by atoms with Gasteiger partial charge in [0.15, 0.2) is 0 Å². The predicted molar refractivity (Wildman–Crippen MR) is 75.0 cm³/mol. The molecule has 98 valence electrons. The Kier molecular flexibility index (Phi) is 4.97. The third-order valence-corrected chi connectivity index (χ3v) is 3.75. The molecule has 0 amide bonds. The average molecular weight is 245 g/mol. The summed E-state index contributed by atoms with van der Waals surface area (Å²) in [7, 11) is 0. The highest BCUT2D eigenvalue weighted by Gasteiger charge is 2.18. The Hall–Kier alpha value is -1.12. The van der Waals surface area contributed by atoms with E-state index in [2.05, 4.69) is 37.3 Å². The van der Waals surface area contributed by atoms with Crippen LogP contribution < -0.4 is 5.73 Å². The fourth-order valence-electron chi connectivity index (χ4n) is 2.41. The van der Waals surface area contributed by atoms with Crippen LogP contribution in [0.1, 0.15) is 30.9 Å². The van der Waals surface area contributed by atoms with Crippen LogP contribution in [0.2, 0.25) is 0 Å². The third kappa shape index (κ3) is 3.69. The molecular weight excluding hydrogens is 222 g/mol. The molecule has 2 N–H and O–H groups in total. The first-order valence-electron chi connectivity index (χ1n) is 6.80. The van der Waals surface area contributed by atoms with Crippen molar-refractivity contribution in [2.24, 2.45) is 17.6 Å². The van der Waals surface area contributed by atoms with E-state index >= 15 is 0 Å². The van der Waals surface area contributed by atoms with Crippen LogP contribution >= 0.6 is 0 Å². The lowest BCUT2D eigenvalue weighted by Crippen LogP contribution is -2.19. The minimum absolute atomic E-state index is 0.596. The Morgan fingerprint density at radius 1 is 1.22 bits per heavy atom. The van der Waals surface area contributed by atoms with Gasteiger partial charge in [-0.2, -0.15) is 0 Å². The summed E-state index contributed by atoms with van der Waals surface area (Å²) in [4.78, 5) is 0. The summed E-state index contributed by atoms with van der Waals surface area (Å²) in [6.45, 7) is 4.46. The minimum Gasteiger partial charge on any atom is -0.376 e. The molecule has 2 unspecified atom stereocenters. The van der Waals surface area contributed by atoms with Gasteiger partial charge in [0.05, 0.1) is 13.2 Å². The largest absolute Gasteiger partial charge is 0.376 e. The minimum atomic E-state index is 0.596. The number of rotatable bonds is 5. The van der Waals surface area contributed by atoms with Gasteiger partial charge in [-0.15, -0.1) is 0 Å². The molecule has 1 aliphatic rings. The SMILES string of the molecule is CC1CC=CCC1COCc1cccc(CN)c1. The topological polar surface area (TPSA) is 35.2 Å². The second-order valence-corrected chi connectivity index (χ2v) is 5.22. The zero-order chi connectivity index (χ0) is 12.8. The van der Waals surface area contributed by atoms with Crippen LogP contribution in [0.3, 0.4) is 0 Å². The van der Waals surface area contributed by atoms with Gasteiger partial charge >= 0.3 is 0 Å². The van der Waals surface area contributed by atoms with Gasteiger partial charge in [-0.1, -0.05) is 43.3 Å². The van der Waals surface area contributed by atoms with Crippen molar-refractivity contribution >= 4 is 0 Å². The monoisotopic (exact) mass is 245 g/mol. The van der Waals surface area contributed by atoms with Crippen molar-refractivity contribution in [3.63, 3.8) is 0 Å². The van der Waals surface area contributed by atoms with Crippen molar-refractivity contribution in [2.45, 2.75) is 32.9 Å². The molecule has 0 radical (unpaired) electrons. The standard InChI is InChI=1S/C16H23NO/c1-13-5-2-3-8-16(13)12-18-11-15-7-4-6-14(9-15)10-17/h2-4,6-7,9,13,16H,5,8,10-12,17H2,1H3. The van der Waals surface area contributed by atoms with Gasteiger partial charge in [0.1, 0.15) is 0 Å². The highest BCUT2D eigenvalue weighted by molar-refractivity contribution is 5.22. The molecule has 1 aromatic carbocycles. The Bertz CT molecular complexity index is 400. The first-order valence-corrected chi connectivity index (χ1v) is 6.80. The number of hydrogen-bond acceptors (Lipinski definition) is 2. The van der Waals surface area contributed by atoms with Crippen molar-refractivity contribution in [2.75, 3.05) is 6.61 Å². The van der Waals surface area contributed by atoms with Crippen LogP contribution in [0.5, 0.6) is 0 Å². The Labute approximate surface area is 110 Å². The van der Waals surface area contributed by atoms with Crippen LogP contribution in [-0.2, 0) is 17.9 Å². The molecule has 2 nitrogen and oxygen atoms in total. The van der Waals surface area contributed by atoms with E-state index < -0.39 is 0 Å². The molecule has 0 saturated heterocycles. The highest BCUT2D eigenvalue weighted by atomic mass is 16.5. The summed E-state index contributed by atoms with van der Waals surface area (Å²) >= 11 is 0. The zero-order valence-corrected chi connectivity index (χ0v) is 11.1. The molecule has 0 bridgehead atoms. The van der Waals surface area contributed by atoms with E-state index in [1.165, 1.54) is 17.5 Å². The summed E-state index contributed by atoms with van der Waals surface area (Å²) in [6.07, 6.45) is 6.91. The summed E-state index contributed by atoms with van der Waals surface area (Å²) in [6, 6.07) is 8.33. The van der Waals surface area contributed by atoms with Crippen molar-refractivity contribution in [3.05, 3.63) is 47.5 Å². The Morgan fingerprint density at radius 3 is 2.78 bits per heavy atom. The van der Waals surface area contributed by atoms with Crippen molar-refractivity contribution in [1.82, 2.24) is 0 Å². The van der Waals surface area contributed by atoms with Gasteiger partial charge in [-0.25, -0.2) is 0 Å². The predicted octanol–water partition coefficient (Wildman–Crippen LogP) is 3.26. The van der Waals surface area contributed by atoms with E-state index in [0.717, 1.165) is 18.9 Å². The molecule has 2 rings (SSSR count). The normalized spacial score (nSPS) is 23.2. The summed E-state index contributed by atoms with van der Waals surface area (Å²) < 4.78 is 5.85. The maximum Gasteiger partial charge on any atom is 0.0717 e. The van der Waals surface area contributed by atoms with Crippen LogP contribution in [-0.4, -0.2) is 6.61 Å². The summed E-state index contributed by atoms with van der Waals surface area (Å²) in [5, 5.41) is 0. The van der Waals surface area contributed by atoms with Gasteiger partial charge in [0, 0.05) is 6.54 Å². The fraction of sp³-hybridized carbons (Fsp3) is 0.500. The van der Waals surface area contributed by atoms with E-state index in [4.69, 9.17) is 10.5 Å². The third-order valence-electron chi connectivity index (χ3n) is 3.75. The molecular formula is C16H23NO. The number of allylic oxidation sites excluding steroid dienone is 2. The lowest BCUT2D eigenvalue weighted by Gasteiger charge is -2.24. The lowest BCUT2D eigenvalue weighted by atomic mass is 9.85. The molecule has 0 fully saturated rings.